The third-order valence-corrected chi connectivity index (χ3v) is 7.14. The van der Waals surface area contributed by atoms with Crippen LogP contribution >= 0.6 is 11.6 Å². The predicted octanol–water partition coefficient (Wildman–Crippen LogP) is 6.54. The second kappa shape index (κ2) is 13.0. The number of rotatable bonds is 9. The number of para-hydroxylation sites is 1. The van der Waals surface area contributed by atoms with Gasteiger partial charge in [-0.3, -0.25) is 9.59 Å². The van der Waals surface area contributed by atoms with Crippen molar-refractivity contribution in [2.75, 3.05) is 18.5 Å². The lowest BCUT2D eigenvalue weighted by Gasteiger charge is -2.22. The zero-order chi connectivity index (χ0) is 28.8. The number of aromatic nitrogens is 2. The molecule has 10 heteroatoms. The molecule has 4 aromatic rings. The topological polar surface area (TPSA) is 94.8 Å². The van der Waals surface area contributed by atoms with Crippen molar-refractivity contribution in [1.82, 2.24) is 9.66 Å². The van der Waals surface area contributed by atoms with Crippen molar-refractivity contribution in [1.29, 1.82) is 0 Å². The zero-order valence-corrected chi connectivity index (χ0v) is 23.4. The van der Waals surface area contributed by atoms with E-state index in [1.165, 1.54) is 29.3 Å². The maximum absolute atomic E-state index is 13.5. The highest BCUT2D eigenvalue weighted by molar-refractivity contribution is 6.32. The quantitative estimate of drug-likeness (QED) is 0.228. The number of fused-ring (bicyclic) bond motifs is 1. The van der Waals surface area contributed by atoms with Gasteiger partial charge in [-0.2, -0.15) is 9.78 Å². The highest BCUT2D eigenvalue weighted by Crippen LogP contribution is 2.37. The van der Waals surface area contributed by atoms with Crippen LogP contribution in [0.5, 0.6) is 11.5 Å². The van der Waals surface area contributed by atoms with Crippen LogP contribution in [0.3, 0.4) is 0 Å². The van der Waals surface area contributed by atoms with Crippen LogP contribution in [0.4, 0.5) is 10.1 Å². The Morgan fingerprint density at radius 3 is 2.71 bits per heavy atom. The van der Waals surface area contributed by atoms with E-state index in [9.17, 15) is 14.0 Å². The molecule has 1 amide bonds. The van der Waals surface area contributed by atoms with Crippen molar-refractivity contribution < 1.29 is 18.7 Å². The Bertz CT molecular complexity index is 1650. The molecule has 0 unspecified atom stereocenters. The molecule has 1 saturated carbocycles. The number of hydrogen-bond acceptors (Lipinski definition) is 6. The van der Waals surface area contributed by atoms with Crippen LogP contribution in [0.1, 0.15) is 56.3 Å². The molecule has 212 valence electrons. The molecule has 1 fully saturated rings. The molecule has 0 radical (unpaired) electrons. The van der Waals surface area contributed by atoms with Crippen LogP contribution in [-0.2, 0) is 4.79 Å². The highest BCUT2D eigenvalue weighted by atomic mass is 35.5. The first-order chi connectivity index (χ1) is 19.9. The number of nitrogens with one attached hydrogen (secondary N) is 1. The minimum atomic E-state index is -0.488. The summed E-state index contributed by atoms with van der Waals surface area (Å²) in [7, 11) is 0. The van der Waals surface area contributed by atoms with Gasteiger partial charge in [0, 0.05) is 11.6 Å². The van der Waals surface area contributed by atoms with Gasteiger partial charge in [-0.15, -0.1) is 0 Å². The molecule has 0 aliphatic heterocycles. The summed E-state index contributed by atoms with van der Waals surface area (Å²) in [5.41, 5.74) is 1.32. The Morgan fingerprint density at radius 2 is 1.93 bits per heavy atom. The molecule has 1 aliphatic carbocycles. The maximum Gasteiger partial charge on any atom is 0.282 e. The number of ether oxygens (including phenoxy) is 2. The average molecular weight is 577 g/mol. The summed E-state index contributed by atoms with van der Waals surface area (Å²) in [6.45, 7) is 1.77. The van der Waals surface area contributed by atoms with Gasteiger partial charge in [0.2, 0.25) is 0 Å². The van der Waals surface area contributed by atoms with E-state index in [2.05, 4.69) is 10.4 Å². The predicted molar refractivity (Wildman–Crippen MR) is 158 cm³/mol. The molecule has 3 aromatic carbocycles. The van der Waals surface area contributed by atoms with Gasteiger partial charge in [0.15, 0.2) is 18.1 Å². The van der Waals surface area contributed by atoms with Crippen molar-refractivity contribution in [2.45, 2.75) is 44.9 Å². The average Bonchev–Trinajstić information content (AvgIpc) is 2.97. The van der Waals surface area contributed by atoms with E-state index in [4.69, 9.17) is 26.1 Å². The largest absolute Gasteiger partial charge is 0.490 e. The standard InChI is InChI=1S/C31H30ClFN4O4/c1-2-40-27-16-20(15-25(32)29(27)41-19-28(38)35-23-12-8-11-22(33)17-23)18-34-37-30(21-9-4-3-5-10-21)36-26-14-7-6-13-24(26)31(37)39/h6-8,11-18,21H,2-5,9-10,19H2,1H3,(H,35,38). The van der Waals surface area contributed by atoms with Crippen molar-refractivity contribution in [3.05, 3.63) is 93.2 Å². The van der Waals surface area contributed by atoms with E-state index in [0.717, 1.165) is 25.7 Å². The normalized spacial score (nSPS) is 13.9. The molecule has 5 rings (SSSR count). The second-order valence-electron chi connectivity index (χ2n) is 9.79. The summed E-state index contributed by atoms with van der Waals surface area (Å²) < 4.78 is 26.3. The van der Waals surface area contributed by atoms with Gasteiger partial charge >= 0.3 is 0 Å². The fourth-order valence-corrected chi connectivity index (χ4v) is 5.24. The van der Waals surface area contributed by atoms with E-state index in [-0.39, 0.29) is 28.9 Å². The Morgan fingerprint density at radius 1 is 1.12 bits per heavy atom. The van der Waals surface area contributed by atoms with Crippen molar-refractivity contribution >= 4 is 40.3 Å². The number of halogens is 2. The molecule has 41 heavy (non-hydrogen) atoms. The number of carbonyl (C=O) groups is 1. The molecule has 0 spiro atoms. The number of benzene rings is 3. The van der Waals surface area contributed by atoms with Gasteiger partial charge in [0.1, 0.15) is 11.6 Å². The smallest absolute Gasteiger partial charge is 0.282 e. The van der Waals surface area contributed by atoms with Crippen molar-refractivity contribution in [3.63, 3.8) is 0 Å². The number of carbonyl (C=O) groups excluding carboxylic acids is 1. The Hall–Kier alpha value is -4.24. The molecule has 1 aromatic heterocycles. The first-order valence-electron chi connectivity index (χ1n) is 13.6. The third kappa shape index (κ3) is 6.74. The fourth-order valence-electron chi connectivity index (χ4n) is 4.97. The summed E-state index contributed by atoms with van der Waals surface area (Å²) in [5, 5.41) is 7.84. The van der Waals surface area contributed by atoms with E-state index in [1.807, 2.05) is 25.1 Å². The summed E-state index contributed by atoms with van der Waals surface area (Å²) >= 11 is 6.55. The third-order valence-electron chi connectivity index (χ3n) is 6.86. The van der Waals surface area contributed by atoms with Crippen LogP contribution in [0.15, 0.2) is 70.6 Å². The van der Waals surface area contributed by atoms with Crippen LogP contribution in [0.25, 0.3) is 10.9 Å². The SMILES string of the molecule is CCOc1cc(C=Nn2c(C3CCCCC3)nc3ccccc3c2=O)cc(Cl)c1OCC(=O)Nc1cccc(F)c1. The molecule has 1 heterocycles. The highest BCUT2D eigenvalue weighted by Gasteiger charge is 2.22. The van der Waals surface area contributed by atoms with Gasteiger partial charge in [-0.1, -0.05) is 49.1 Å². The molecular weight excluding hydrogens is 547 g/mol. The van der Waals surface area contributed by atoms with Gasteiger partial charge in [0.05, 0.1) is 28.7 Å². The number of nitrogens with zero attached hydrogens (tertiary/aromatic N) is 3. The van der Waals surface area contributed by atoms with E-state index < -0.39 is 11.7 Å². The number of anilines is 1. The molecule has 1 N–H and O–H groups in total. The number of hydrogen-bond donors (Lipinski definition) is 1. The first-order valence-corrected chi connectivity index (χ1v) is 14.0. The van der Waals surface area contributed by atoms with E-state index >= 15 is 0 Å². The summed E-state index contributed by atoms with van der Waals surface area (Å²) in [4.78, 5) is 30.7. The molecule has 1 aliphatic rings. The minimum Gasteiger partial charge on any atom is -0.490 e. The van der Waals surface area contributed by atoms with E-state index in [0.29, 0.717) is 40.3 Å². The lowest BCUT2D eigenvalue weighted by atomic mass is 9.88. The Kier molecular flexibility index (Phi) is 8.94. The van der Waals surface area contributed by atoms with Gasteiger partial charge in [-0.05, 0) is 67.8 Å². The Balaban J connectivity index is 1.41. The van der Waals surface area contributed by atoms with Crippen LogP contribution in [0, 0.1) is 5.82 Å². The summed E-state index contributed by atoms with van der Waals surface area (Å²) in [5.74, 6) is 0.359. The lowest BCUT2D eigenvalue weighted by Crippen LogP contribution is -2.25. The van der Waals surface area contributed by atoms with Gasteiger partial charge in [0.25, 0.3) is 11.5 Å². The zero-order valence-electron chi connectivity index (χ0n) is 22.6. The van der Waals surface area contributed by atoms with Crippen LogP contribution < -0.4 is 20.3 Å². The first kappa shape index (κ1) is 28.3. The molecule has 0 atom stereocenters. The number of amides is 1. The van der Waals surface area contributed by atoms with Gasteiger partial charge < -0.3 is 14.8 Å². The van der Waals surface area contributed by atoms with Crippen molar-refractivity contribution in [3.8, 4) is 11.5 Å². The molecular formula is C31H30ClFN4O4. The van der Waals surface area contributed by atoms with Crippen molar-refractivity contribution in [2.24, 2.45) is 5.10 Å². The molecule has 8 nitrogen and oxygen atoms in total. The van der Waals surface area contributed by atoms with Crippen LogP contribution in [-0.4, -0.2) is 35.0 Å². The second-order valence-corrected chi connectivity index (χ2v) is 10.2. The van der Waals surface area contributed by atoms with Gasteiger partial charge in [-0.25, -0.2) is 9.37 Å². The molecule has 0 bridgehead atoms. The van der Waals surface area contributed by atoms with Crippen LogP contribution in [0.2, 0.25) is 5.02 Å². The maximum atomic E-state index is 13.5. The summed E-state index contributed by atoms with van der Waals surface area (Å²) in [6.07, 6.45) is 6.81. The molecule has 0 saturated heterocycles. The fraction of sp³-hybridized carbons (Fsp3) is 0.290. The summed E-state index contributed by atoms with van der Waals surface area (Å²) in [6, 6.07) is 16.1. The lowest BCUT2D eigenvalue weighted by molar-refractivity contribution is -0.118. The monoisotopic (exact) mass is 576 g/mol. The van der Waals surface area contributed by atoms with E-state index in [1.54, 1.807) is 30.5 Å². The minimum absolute atomic E-state index is 0.148. The Labute approximate surface area is 241 Å².